The lowest BCUT2D eigenvalue weighted by atomic mass is 10.1. The lowest BCUT2D eigenvalue weighted by Crippen LogP contribution is -2.45. The van der Waals surface area contributed by atoms with Crippen LogP contribution in [0.2, 0.25) is 0 Å². The van der Waals surface area contributed by atoms with Crippen LogP contribution >= 0.6 is 0 Å². The van der Waals surface area contributed by atoms with Crippen LogP contribution in [-0.4, -0.2) is 15.7 Å². The van der Waals surface area contributed by atoms with Gasteiger partial charge >= 0.3 is 5.69 Å². The quantitative estimate of drug-likeness (QED) is 0.805. The summed E-state index contributed by atoms with van der Waals surface area (Å²) in [6.07, 6.45) is 4.27. The van der Waals surface area contributed by atoms with Crippen molar-refractivity contribution in [3.05, 3.63) is 74.4 Å². The Morgan fingerprint density at radius 1 is 1.12 bits per heavy atom. The second-order valence-corrected chi connectivity index (χ2v) is 7.10. The molecule has 0 N–H and O–H groups in total. The number of hydrogen-bond donors (Lipinski definition) is 0. The maximum Gasteiger partial charge on any atom is 0.332 e. The first-order chi connectivity index (χ1) is 12.0. The summed E-state index contributed by atoms with van der Waals surface area (Å²) >= 11 is 0. The number of rotatable bonds is 3. The Bertz CT molecular complexity index is 955. The number of fused-ring (bicyclic) bond motifs is 3. The Balaban J connectivity index is 1.86. The highest BCUT2D eigenvalue weighted by Crippen LogP contribution is 2.59. The minimum absolute atomic E-state index is 0.141. The molecule has 1 aromatic heterocycles. The molecule has 1 fully saturated rings. The van der Waals surface area contributed by atoms with Gasteiger partial charge < -0.3 is 4.90 Å². The van der Waals surface area contributed by atoms with E-state index in [0.717, 1.165) is 17.9 Å². The molecule has 1 saturated carbocycles. The average Bonchev–Trinajstić information content (AvgIpc) is 3.30. The molecule has 130 valence electrons. The van der Waals surface area contributed by atoms with Crippen LogP contribution in [0.15, 0.2) is 52.1 Å². The van der Waals surface area contributed by atoms with Crippen LogP contribution in [0.25, 0.3) is 0 Å². The summed E-state index contributed by atoms with van der Waals surface area (Å²) in [5, 5.41) is 0. The van der Waals surface area contributed by atoms with Crippen LogP contribution in [0.5, 0.6) is 0 Å². The molecule has 2 aromatic rings. The molecule has 3 atom stereocenters. The summed E-state index contributed by atoms with van der Waals surface area (Å²) in [7, 11) is 3.34. The van der Waals surface area contributed by atoms with Gasteiger partial charge in [0.25, 0.3) is 5.56 Å². The van der Waals surface area contributed by atoms with Gasteiger partial charge in [-0.2, -0.15) is 0 Å². The third kappa shape index (κ3) is 2.37. The zero-order chi connectivity index (χ0) is 17.7. The third-order valence-electron chi connectivity index (χ3n) is 5.59. The minimum Gasteiger partial charge on any atom is -0.353 e. The normalized spacial score (nSPS) is 24.3. The molecule has 1 aromatic carbocycles. The fourth-order valence-corrected chi connectivity index (χ4v) is 4.34. The molecule has 2 aliphatic rings. The summed E-state index contributed by atoms with van der Waals surface area (Å²) in [6.45, 7) is 3.61. The molecule has 0 unspecified atom stereocenters. The van der Waals surface area contributed by atoms with Gasteiger partial charge in [-0.15, -0.1) is 0 Å². The number of anilines is 1. The highest BCUT2D eigenvalue weighted by atomic mass is 16.2. The van der Waals surface area contributed by atoms with Crippen molar-refractivity contribution in [3.63, 3.8) is 0 Å². The lowest BCUT2D eigenvalue weighted by molar-refractivity contribution is 0.591. The zero-order valence-corrected chi connectivity index (χ0v) is 14.8. The molecule has 5 nitrogen and oxygen atoms in total. The molecule has 0 radical (unpaired) electrons. The molecule has 1 aliphatic carbocycles. The van der Waals surface area contributed by atoms with Gasteiger partial charge in [0.15, 0.2) is 0 Å². The van der Waals surface area contributed by atoms with Gasteiger partial charge in [-0.05, 0) is 24.3 Å². The van der Waals surface area contributed by atoms with Gasteiger partial charge in [-0.1, -0.05) is 42.5 Å². The lowest BCUT2D eigenvalue weighted by Gasteiger charge is -2.32. The smallest absolute Gasteiger partial charge is 0.332 e. The van der Waals surface area contributed by atoms with E-state index in [-0.39, 0.29) is 17.2 Å². The van der Waals surface area contributed by atoms with Crippen LogP contribution in [0, 0.1) is 11.8 Å². The highest BCUT2D eigenvalue weighted by Gasteiger charge is 2.55. The van der Waals surface area contributed by atoms with Crippen molar-refractivity contribution in [2.45, 2.75) is 19.4 Å². The van der Waals surface area contributed by atoms with Crippen molar-refractivity contribution in [1.82, 2.24) is 9.13 Å². The minimum atomic E-state index is -0.261. The van der Waals surface area contributed by atoms with Crippen molar-refractivity contribution in [3.8, 4) is 0 Å². The van der Waals surface area contributed by atoms with E-state index in [1.165, 1.54) is 10.1 Å². The van der Waals surface area contributed by atoms with Crippen molar-refractivity contribution in [2.24, 2.45) is 25.9 Å². The molecule has 25 heavy (non-hydrogen) atoms. The number of benzene rings is 1. The monoisotopic (exact) mass is 337 g/mol. The molecule has 1 aliphatic heterocycles. The van der Waals surface area contributed by atoms with Gasteiger partial charge in [0.2, 0.25) is 0 Å². The molecule has 0 saturated heterocycles. The first kappa shape index (κ1) is 15.9. The second-order valence-electron chi connectivity index (χ2n) is 7.10. The maximum atomic E-state index is 12.9. The molecular formula is C20H23N3O2. The van der Waals surface area contributed by atoms with Gasteiger partial charge in [0, 0.05) is 33.1 Å². The standard InChI is InChI=1S/C20H23N3O2/c1-4-8-14-15-12-23(11-13-9-6-5-7-10-13)18-17(16(14)15)19(24)22(3)20(25)21(18)2/h4-10,14-16H,11-12H2,1-3H3/b8-4+/t14-,15-,16+/m0/s1. The summed E-state index contributed by atoms with van der Waals surface area (Å²) in [6, 6.07) is 10.2. The first-order valence-electron chi connectivity index (χ1n) is 8.76. The van der Waals surface area contributed by atoms with Gasteiger partial charge in [-0.25, -0.2) is 4.79 Å². The van der Waals surface area contributed by atoms with E-state index < -0.39 is 0 Å². The van der Waals surface area contributed by atoms with Crippen LogP contribution < -0.4 is 16.1 Å². The van der Waals surface area contributed by atoms with E-state index in [1.807, 2.05) is 25.1 Å². The van der Waals surface area contributed by atoms with E-state index in [4.69, 9.17) is 0 Å². The number of nitrogens with zero attached hydrogens (tertiary/aromatic N) is 3. The predicted octanol–water partition coefficient (Wildman–Crippen LogP) is 2.01. The second kappa shape index (κ2) is 5.76. The highest BCUT2D eigenvalue weighted by molar-refractivity contribution is 5.56. The molecule has 4 rings (SSSR count). The Morgan fingerprint density at radius 2 is 1.84 bits per heavy atom. The third-order valence-corrected chi connectivity index (χ3v) is 5.59. The molecule has 2 heterocycles. The Hall–Kier alpha value is -2.56. The topological polar surface area (TPSA) is 47.2 Å². The van der Waals surface area contributed by atoms with Gasteiger partial charge in [-0.3, -0.25) is 13.9 Å². The SMILES string of the molecule is C/C=C/[C@H]1[C@@H]2CN(Cc3ccccc3)c3c(c(=O)n(C)c(=O)n3C)[C@H]12. The summed E-state index contributed by atoms with van der Waals surface area (Å²) in [4.78, 5) is 27.5. The molecule has 5 heteroatoms. The van der Waals surface area contributed by atoms with E-state index in [2.05, 4.69) is 29.2 Å². The van der Waals surface area contributed by atoms with Crippen molar-refractivity contribution < 1.29 is 0 Å². The maximum absolute atomic E-state index is 12.9. The van der Waals surface area contributed by atoms with Gasteiger partial charge in [0.05, 0.1) is 5.56 Å². The molecule has 0 amide bonds. The van der Waals surface area contributed by atoms with Crippen LogP contribution in [0.3, 0.4) is 0 Å². The largest absolute Gasteiger partial charge is 0.353 e. The van der Waals surface area contributed by atoms with Crippen molar-refractivity contribution in [1.29, 1.82) is 0 Å². The van der Waals surface area contributed by atoms with E-state index in [0.29, 0.717) is 18.4 Å². The summed E-state index contributed by atoms with van der Waals surface area (Å²) < 4.78 is 2.88. The van der Waals surface area contributed by atoms with Crippen LogP contribution in [-0.2, 0) is 20.6 Å². The number of hydrogen-bond acceptors (Lipinski definition) is 3. The zero-order valence-electron chi connectivity index (χ0n) is 14.8. The van der Waals surface area contributed by atoms with E-state index in [9.17, 15) is 9.59 Å². The summed E-state index contributed by atoms with van der Waals surface area (Å²) in [5.74, 6) is 1.89. The summed E-state index contributed by atoms with van der Waals surface area (Å²) in [5.41, 5.74) is 1.59. The first-order valence-corrected chi connectivity index (χ1v) is 8.76. The number of aromatic nitrogens is 2. The van der Waals surface area contributed by atoms with Crippen LogP contribution in [0.1, 0.15) is 24.0 Å². The fraction of sp³-hybridized carbons (Fsp3) is 0.400. The predicted molar refractivity (Wildman–Crippen MR) is 99.0 cm³/mol. The average molecular weight is 337 g/mol. The number of allylic oxidation sites excluding steroid dienone is 2. The Labute approximate surface area is 146 Å². The van der Waals surface area contributed by atoms with E-state index in [1.54, 1.807) is 18.7 Å². The van der Waals surface area contributed by atoms with E-state index >= 15 is 0 Å². The Morgan fingerprint density at radius 3 is 2.52 bits per heavy atom. The van der Waals surface area contributed by atoms with Gasteiger partial charge in [0.1, 0.15) is 5.82 Å². The Kier molecular flexibility index (Phi) is 3.67. The molecular weight excluding hydrogens is 314 g/mol. The molecule has 0 bridgehead atoms. The van der Waals surface area contributed by atoms with Crippen molar-refractivity contribution >= 4 is 5.82 Å². The van der Waals surface area contributed by atoms with Crippen LogP contribution in [0.4, 0.5) is 5.82 Å². The molecule has 0 spiro atoms. The van der Waals surface area contributed by atoms with Crippen molar-refractivity contribution in [2.75, 3.05) is 11.4 Å². The fourth-order valence-electron chi connectivity index (χ4n) is 4.34.